The molecule has 1 aromatic rings. The van der Waals surface area contributed by atoms with Crippen LogP contribution in [0.15, 0.2) is 18.2 Å². The highest BCUT2D eigenvalue weighted by atomic mass is 16.3. The summed E-state index contributed by atoms with van der Waals surface area (Å²) < 4.78 is 0. The summed E-state index contributed by atoms with van der Waals surface area (Å²) >= 11 is 0. The van der Waals surface area contributed by atoms with Crippen molar-refractivity contribution in [3.05, 3.63) is 18.2 Å². The average molecular weight is 293 g/mol. The van der Waals surface area contributed by atoms with Gasteiger partial charge in [-0.2, -0.15) is 0 Å². The highest BCUT2D eigenvalue weighted by Crippen LogP contribution is 2.27. The Bertz CT molecular complexity index is 481. The molecule has 0 saturated carbocycles. The lowest BCUT2D eigenvalue weighted by Gasteiger charge is -2.24. The molecule has 0 aromatic heterocycles. The summed E-state index contributed by atoms with van der Waals surface area (Å²) in [6.07, 6.45) is 1.16. The maximum Gasteiger partial charge on any atom is 0.227 e. The molecule has 21 heavy (non-hydrogen) atoms. The summed E-state index contributed by atoms with van der Waals surface area (Å²) in [5.41, 5.74) is 8.17. The number of carbonyl (C=O) groups excluding carboxylic acids is 1. The molecule has 0 spiro atoms. The summed E-state index contributed by atoms with van der Waals surface area (Å²) in [5, 5.41) is 11.9. The quantitative estimate of drug-likeness (QED) is 0.556. The third kappa shape index (κ3) is 5.63. The Balaban J connectivity index is 2.76. The zero-order valence-electron chi connectivity index (χ0n) is 13.4. The lowest BCUT2D eigenvalue weighted by atomic mass is 9.91. The van der Waals surface area contributed by atoms with Gasteiger partial charge in [0.15, 0.2) is 0 Å². The van der Waals surface area contributed by atoms with Crippen molar-refractivity contribution in [2.75, 3.05) is 36.1 Å². The van der Waals surface area contributed by atoms with E-state index in [-0.39, 0.29) is 17.9 Å². The van der Waals surface area contributed by atoms with Crippen molar-refractivity contribution in [3.63, 3.8) is 0 Å². The molecule has 1 amide bonds. The molecule has 0 aliphatic heterocycles. The van der Waals surface area contributed by atoms with Gasteiger partial charge < -0.3 is 21.1 Å². The van der Waals surface area contributed by atoms with Crippen LogP contribution in [0, 0.1) is 5.41 Å². The molecule has 0 radical (unpaired) electrons. The van der Waals surface area contributed by atoms with Crippen LogP contribution in [0.4, 0.5) is 17.1 Å². The topological polar surface area (TPSA) is 78.6 Å². The van der Waals surface area contributed by atoms with E-state index in [1.807, 2.05) is 32.9 Å². The molecule has 4 N–H and O–H groups in total. The Morgan fingerprint density at radius 1 is 1.38 bits per heavy atom. The summed E-state index contributed by atoms with van der Waals surface area (Å²) in [4.78, 5) is 13.8. The first-order chi connectivity index (χ1) is 9.74. The van der Waals surface area contributed by atoms with Crippen LogP contribution in [0.3, 0.4) is 0 Å². The minimum absolute atomic E-state index is 0.0390. The van der Waals surface area contributed by atoms with Crippen molar-refractivity contribution >= 4 is 23.0 Å². The van der Waals surface area contributed by atoms with Crippen molar-refractivity contribution in [3.8, 4) is 0 Å². The Labute approximate surface area is 127 Å². The van der Waals surface area contributed by atoms with E-state index in [0.717, 1.165) is 11.4 Å². The van der Waals surface area contributed by atoms with Crippen LogP contribution in [0.5, 0.6) is 0 Å². The maximum absolute atomic E-state index is 12.2. The van der Waals surface area contributed by atoms with Gasteiger partial charge in [0, 0.05) is 32.3 Å². The van der Waals surface area contributed by atoms with Gasteiger partial charge in [0.25, 0.3) is 0 Å². The number of rotatable bonds is 6. The van der Waals surface area contributed by atoms with Crippen molar-refractivity contribution in [2.24, 2.45) is 5.41 Å². The molecule has 1 rings (SSSR count). The molecule has 0 unspecified atom stereocenters. The van der Waals surface area contributed by atoms with E-state index < -0.39 is 0 Å². The third-order valence-corrected chi connectivity index (χ3v) is 3.13. The number of nitrogens with zero attached hydrogens (tertiary/aromatic N) is 1. The first-order valence-electron chi connectivity index (χ1n) is 7.25. The van der Waals surface area contributed by atoms with E-state index in [0.29, 0.717) is 25.1 Å². The molecule has 118 valence electrons. The van der Waals surface area contributed by atoms with Gasteiger partial charge in [0.05, 0.1) is 11.4 Å². The van der Waals surface area contributed by atoms with E-state index in [1.54, 1.807) is 18.0 Å². The summed E-state index contributed by atoms with van der Waals surface area (Å²) in [5.74, 6) is 0.0721. The second kappa shape index (κ2) is 7.31. The van der Waals surface area contributed by atoms with E-state index >= 15 is 0 Å². The fourth-order valence-corrected chi connectivity index (χ4v) is 1.94. The summed E-state index contributed by atoms with van der Waals surface area (Å²) in [6.45, 7) is 6.94. The van der Waals surface area contributed by atoms with E-state index in [9.17, 15) is 4.79 Å². The molecule has 5 heteroatoms. The number of carbonyl (C=O) groups is 1. The Morgan fingerprint density at radius 2 is 2.05 bits per heavy atom. The van der Waals surface area contributed by atoms with Crippen LogP contribution in [0.1, 0.15) is 33.6 Å². The van der Waals surface area contributed by atoms with Crippen LogP contribution in [-0.4, -0.2) is 31.2 Å². The predicted molar refractivity (Wildman–Crippen MR) is 88.5 cm³/mol. The number of benzene rings is 1. The van der Waals surface area contributed by atoms with Crippen LogP contribution in [0.25, 0.3) is 0 Å². The van der Waals surface area contributed by atoms with Crippen molar-refractivity contribution in [1.82, 2.24) is 0 Å². The second-order valence-corrected chi connectivity index (χ2v) is 6.47. The minimum atomic E-state index is -0.0390. The van der Waals surface area contributed by atoms with Crippen molar-refractivity contribution in [2.45, 2.75) is 33.6 Å². The molecule has 0 aliphatic rings. The van der Waals surface area contributed by atoms with Crippen LogP contribution in [0.2, 0.25) is 0 Å². The zero-order valence-corrected chi connectivity index (χ0v) is 13.4. The van der Waals surface area contributed by atoms with Gasteiger partial charge in [-0.25, -0.2) is 0 Å². The molecule has 5 nitrogen and oxygen atoms in total. The van der Waals surface area contributed by atoms with Crippen molar-refractivity contribution < 1.29 is 9.90 Å². The lowest BCUT2D eigenvalue weighted by molar-refractivity contribution is -0.120. The number of amides is 1. The van der Waals surface area contributed by atoms with Crippen LogP contribution < -0.4 is 16.0 Å². The number of hydrogen-bond donors (Lipinski definition) is 3. The Kier molecular flexibility index (Phi) is 6.03. The molecular weight excluding hydrogens is 266 g/mol. The highest BCUT2D eigenvalue weighted by molar-refractivity contribution is 5.94. The van der Waals surface area contributed by atoms with Gasteiger partial charge >= 0.3 is 0 Å². The monoisotopic (exact) mass is 293 g/mol. The van der Waals surface area contributed by atoms with Gasteiger partial charge in [0.1, 0.15) is 0 Å². The van der Waals surface area contributed by atoms with Gasteiger partial charge in [-0.05, 0) is 30.0 Å². The lowest BCUT2D eigenvalue weighted by Crippen LogP contribution is -2.29. The predicted octanol–water partition coefficient (Wildman–Crippen LogP) is 2.46. The third-order valence-electron chi connectivity index (χ3n) is 3.13. The zero-order chi connectivity index (χ0) is 16.0. The van der Waals surface area contributed by atoms with E-state index in [2.05, 4.69) is 5.32 Å². The molecule has 0 fully saturated rings. The number of nitrogen functional groups attached to an aromatic ring is 1. The fourth-order valence-electron chi connectivity index (χ4n) is 1.94. The Hall–Kier alpha value is -1.75. The van der Waals surface area contributed by atoms with Gasteiger partial charge in [-0.1, -0.05) is 20.8 Å². The number of hydrogen-bond acceptors (Lipinski definition) is 4. The maximum atomic E-state index is 12.2. The average Bonchev–Trinajstić information content (AvgIpc) is 2.38. The Morgan fingerprint density at radius 3 is 2.57 bits per heavy atom. The number of aliphatic hydroxyl groups excluding tert-OH is 1. The van der Waals surface area contributed by atoms with Gasteiger partial charge in [-0.3, -0.25) is 4.79 Å². The van der Waals surface area contributed by atoms with Gasteiger partial charge in [-0.15, -0.1) is 0 Å². The van der Waals surface area contributed by atoms with Crippen molar-refractivity contribution in [1.29, 1.82) is 0 Å². The SMILES string of the molecule is CN(C(=O)CC(C)(C)C)c1ccc(NCCCO)c(N)c1. The molecule has 0 bridgehead atoms. The standard InChI is InChI=1S/C16H27N3O2/c1-16(2,3)11-15(21)19(4)12-6-7-14(13(17)10-12)18-8-5-9-20/h6-7,10,18,20H,5,8-9,11,17H2,1-4H3. The van der Waals surface area contributed by atoms with E-state index in [4.69, 9.17) is 10.8 Å². The number of nitrogens with one attached hydrogen (secondary N) is 1. The highest BCUT2D eigenvalue weighted by Gasteiger charge is 2.20. The molecule has 0 heterocycles. The summed E-state index contributed by atoms with van der Waals surface area (Å²) in [6, 6.07) is 5.53. The van der Waals surface area contributed by atoms with Crippen LogP contribution in [-0.2, 0) is 4.79 Å². The molecule has 1 aromatic carbocycles. The first kappa shape index (κ1) is 17.3. The number of aliphatic hydroxyl groups is 1. The van der Waals surface area contributed by atoms with Crippen LogP contribution >= 0.6 is 0 Å². The normalized spacial score (nSPS) is 11.3. The van der Waals surface area contributed by atoms with E-state index in [1.165, 1.54) is 0 Å². The minimum Gasteiger partial charge on any atom is -0.397 e. The molecular formula is C16H27N3O2. The molecule has 0 atom stereocenters. The summed E-state index contributed by atoms with van der Waals surface area (Å²) in [7, 11) is 1.77. The molecule has 0 saturated heterocycles. The smallest absolute Gasteiger partial charge is 0.227 e. The number of nitrogens with two attached hydrogens (primary N) is 1. The largest absolute Gasteiger partial charge is 0.397 e. The molecule has 0 aliphatic carbocycles. The first-order valence-corrected chi connectivity index (χ1v) is 7.25. The number of anilines is 3. The van der Waals surface area contributed by atoms with Gasteiger partial charge in [0.2, 0.25) is 5.91 Å². The second-order valence-electron chi connectivity index (χ2n) is 6.47. The fraction of sp³-hybridized carbons (Fsp3) is 0.562.